The van der Waals surface area contributed by atoms with Crippen LogP contribution in [0.15, 0.2) is 22.7 Å². The molecule has 0 radical (unpaired) electrons. The molecular weight excluding hydrogens is 306 g/mol. The highest BCUT2D eigenvalue weighted by Gasteiger charge is 2.20. The van der Waals surface area contributed by atoms with Gasteiger partial charge < -0.3 is 9.80 Å². The van der Waals surface area contributed by atoms with Crippen molar-refractivity contribution in [3.63, 3.8) is 0 Å². The highest BCUT2D eigenvalue weighted by Crippen LogP contribution is 2.26. The molecule has 0 unspecified atom stereocenters. The minimum Gasteiger partial charge on any atom is -0.364 e. The van der Waals surface area contributed by atoms with Gasteiger partial charge in [-0.15, -0.1) is 0 Å². The third kappa shape index (κ3) is 3.07. The molecule has 1 aliphatic heterocycles. The van der Waals surface area contributed by atoms with Crippen molar-refractivity contribution in [2.75, 3.05) is 31.6 Å². The second-order valence-corrected chi connectivity index (χ2v) is 5.54. The average molecular weight is 322 g/mol. The van der Waals surface area contributed by atoms with E-state index in [1.54, 1.807) is 0 Å². The van der Waals surface area contributed by atoms with Crippen LogP contribution in [0.25, 0.3) is 0 Å². The summed E-state index contributed by atoms with van der Waals surface area (Å²) >= 11 is 3.36. The van der Waals surface area contributed by atoms with Gasteiger partial charge in [-0.25, -0.2) is 0 Å². The monoisotopic (exact) mass is 321 g/mol. The third-order valence-corrected chi connectivity index (χ3v) is 4.01. The Morgan fingerprint density at radius 2 is 2.16 bits per heavy atom. The Kier molecular flexibility index (Phi) is 4.43. The molecule has 1 aromatic rings. The van der Waals surface area contributed by atoms with Crippen LogP contribution in [0.4, 0.5) is 5.69 Å². The molecule has 1 fully saturated rings. The SMILES string of the molecule is CN(CC(=O)N1CCCC1)c1cccc(Br)c1C#N. The Bertz CT molecular complexity index is 518. The number of carbonyl (C=O) groups is 1. The van der Waals surface area contributed by atoms with E-state index in [0.717, 1.165) is 36.1 Å². The van der Waals surface area contributed by atoms with Crippen LogP contribution in [-0.2, 0) is 4.79 Å². The van der Waals surface area contributed by atoms with Gasteiger partial charge in [0.1, 0.15) is 6.07 Å². The summed E-state index contributed by atoms with van der Waals surface area (Å²) in [7, 11) is 1.84. The maximum Gasteiger partial charge on any atom is 0.242 e. The number of hydrogen-bond acceptors (Lipinski definition) is 3. The van der Waals surface area contributed by atoms with Gasteiger partial charge >= 0.3 is 0 Å². The number of amides is 1. The van der Waals surface area contributed by atoms with E-state index in [4.69, 9.17) is 0 Å². The Balaban J connectivity index is 2.12. The van der Waals surface area contributed by atoms with E-state index < -0.39 is 0 Å². The number of rotatable bonds is 3. The van der Waals surface area contributed by atoms with E-state index in [0.29, 0.717) is 12.1 Å². The lowest BCUT2D eigenvalue weighted by Crippen LogP contribution is -2.37. The van der Waals surface area contributed by atoms with Crippen LogP contribution in [0.3, 0.4) is 0 Å². The number of anilines is 1. The number of benzene rings is 1. The number of likely N-dealkylation sites (tertiary alicyclic amines) is 1. The molecule has 4 nitrogen and oxygen atoms in total. The molecule has 1 amide bonds. The second kappa shape index (κ2) is 6.07. The van der Waals surface area contributed by atoms with Crippen LogP contribution in [0, 0.1) is 11.3 Å². The molecule has 0 N–H and O–H groups in total. The minimum atomic E-state index is 0.129. The van der Waals surface area contributed by atoms with Crippen LogP contribution in [0.2, 0.25) is 0 Å². The smallest absolute Gasteiger partial charge is 0.242 e. The Morgan fingerprint density at radius 3 is 2.79 bits per heavy atom. The summed E-state index contributed by atoms with van der Waals surface area (Å²) in [4.78, 5) is 15.8. The summed E-state index contributed by atoms with van der Waals surface area (Å²) in [5.41, 5.74) is 1.35. The van der Waals surface area contributed by atoms with Gasteiger partial charge in [0.25, 0.3) is 0 Å². The molecule has 1 saturated heterocycles. The zero-order valence-corrected chi connectivity index (χ0v) is 12.5. The summed E-state index contributed by atoms with van der Waals surface area (Å²) in [5.74, 6) is 0.129. The van der Waals surface area contributed by atoms with Gasteiger partial charge in [0, 0.05) is 24.6 Å². The fraction of sp³-hybridized carbons (Fsp3) is 0.429. The molecule has 0 atom stereocenters. The van der Waals surface area contributed by atoms with Crippen molar-refractivity contribution in [3.05, 3.63) is 28.2 Å². The lowest BCUT2D eigenvalue weighted by molar-refractivity contribution is -0.128. The molecule has 1 aromatic carbocycles. The summed E-state index contributed by atoms with van der Waals surface area (Å²) in [5, 5.41) is 9.19. The second-order valence-electron chi connectivity index (χ2n) is 4.69. The van der Waals surface area contributed by atoms with Gasteiger partial charge in [-0.3, -0.25) is 4.79 Å². The van der Waals surface area contributed by atoms with Crippen molar-refractivity contribution in [3.8, 4) is 6.07 Å². The fourth-order valence-corrected chi connectivity index (χ4v) is 2.74. The van der Waals surface area contributed by atoms with Crippen LogP contribution in [0.1, 0.15) is 18.4 Å². The van der Waals surface area contributed by atoms with E-state index >= 15 is 0 Å². The van der Waals surface area contributed by atoms with Crippen molar-refractivity contribution in [2.24, 2.45) is 0 Å². The number of nitriles is 1. The van der Waals surface area contributed by atoms with Crippen molar-refractivity contribution in [2.45, 2.75) is 12.8 Å². The number of likely N-dealkylation sites (N-methyl/N-ethyl adjacent to an activating group) is 1. The van der Waals surface area contributed by atoms with E-state index in [9.17, 15) is 10.1 Å². The molecule has 100 valence electrons. The van der Waals surface area contributed by atoms with Crippen molar-refractivity contribution in [1.82, 2.24) is 4.90 Å². The summed E-state index contributed by atoms with van der Waals surface area (Å²) in [6.07, 6.45) is 2.19. The zero-order chi connectivity index (χ0) is 13.8. The average Bonchev–Trinajstić information content (AvgIpc) is 2.92. The molecule has 5 heteroatoms. The highest BCUT2D eigenvalue weighted by atomic mass is 79.9. The Hall–Kier alpha value is -1.54. The van der Waals surface area contributed by atoms with E-state index in [2.05, 4.69) is 22.0 Å². The van der Waals surface area contributed by atoms with Crippen molar-refractivity contribution >= 4 is 27.5 Å². The van der Waals surface area contributed by atoms with Crippen LogP contribution >= 0.6 is 15.9 Å². The number of nitrogens with zero attached hydrogens (tertiary/aromatic N) is 3. The van der Waals surface area contributed by atoms with Gasteiger partial charge in [0.15, 0.2) is 0 Å². The first-order chi connectivity index (χ1) is 9.13. The van der Waals surface area contributed by atoms with Crippen molar-refractivity contribution in [1.29, 1.82) is 5.26 Å². The molecular formula is C14H16BrN3O. The van der Waals surface area contributed by atoms with Gasteiger partial charge in [0.05, 0.1) is 17.8 Å². The standard InChI is InChI=1S/C14H16BrN3O/c1-17(10-14(19)18-7-2-3-8-18)13-6-4-5-12(15)11(13)9-16/h4-6H,2-3,7-8,10H2,1H3. The first kappa shape index (κ1) is 13.9. The van der Waals surface area contributed by atoms with Gasteiger partial charge in [0.2, 0.25) is 5.91 Å². The Labute approximate surface area is 121 Å². The van der Waals surface area contributed by atoms with Gasteiger partial charge in [-0.2, -0.15) is 5.26 Å². The Morgan fingerprint density at radius 1 is 1.47 bits per heavy atom. The maximum absolute atomic E-state index is 12.1. The first-order valence-electron chi connectivity index (χ1n) is 6.31. The van der Waals surface area contributed by atoms with Crippen LogP contribution < -0.4 is 4.90 Å². The van der Waals surface area contributed by atoms with E-state index in [1.807, 2.05) is 35.0 Å². The predicted molar refractivity (Wildman–Crippen MR) is 77.9 cm³/mol. The largest absolute Gasteiger partial charge is 0.364 e. The lowest BCUT2D eigenvalue weighted by atomic mass is 10.2. The molecule has 0 spiro atoms. The zero-order valence-electron chi connectivity index (χ0n) is 10.9. The lowest BCUT2D eigenvalue weighted by Gasteiger charge is -2.23. The minimum absolute atomic E-state index is 0.129. The van der Waals surface area contributed by atoms with Crippen LogP contribution in [-0.4, -0.2) is 37.5 Å². The number of carbonyl (C=O) groups excluding carboxylic acids is 1. The fourth-order valence-electron chi connectivity index (χ4n) is 2.30. The summed E-state index contributed by atoms with van der Waals surface area (Å²) < 4.78 is 0.757. The molecule has 0 saturated carbocycles. The molecule has 0 aromatic heterocycles. The van der Waals surface area contributed by atoms with E-state index in [1.165, 1.54) is 0 Å². The molecule has 1 heterocycles. The first-order valence-corrected chi connectivity index (χ1v) is 7.10. The van der Waals surface area contributed by atoms with E-state index in [-0.39, 0.29) is 5.91 Å². The normalized spacial score (nSPS) is 14.3. The van der Waals surface area contributed by atoms with Crippen molar-refractivity contribution < 1.29 is 4.79 Å². The molecule has 19 heavy (non-hydrogen) atoms. The van der Waals surface area contributed by atoms with Gasteiger partial charge in [-0.05, 0) is 40.9 Å². The number of halogens is 1. The van der Waals surface area contributed by atoms with Crippen LogP contribution in [0.5, 0.6) is 0 Å². The molecule has 1 aliphatic rings. The summed E-state index contributed by atoms with van der Waals surface area (Å²) in [6, 6.07) is 7.74. The molecule has 0 aliphatic carbocycles. The molecule has 0 bridgehead atoms. The maximum atomic E-state index is 12.1. The van der Waals surface area contributed by atoms with Gasteiger partial charge in [-0.1, -0.05) is 6.07 Å². The third-order valence-electron chi connectivity index (χ3n) is 3.35. The quantitative estimate of drug-likeness (QED) is 0.858. The number of hydrogen-bond donors (Lipinski definition) is 0. The molecule has 2 rings (SSSR count). The predicted octanol–water partition coefficient (Wildman–Crippen LogP) is 2.38. The highest BCUT2D eigenvalue weighted by molar-refractivity contribution is 9.10. The topological polar surface area (TPSA) is 47.3 Å². The summed E-state index contributed by atoms with van der Waals surface area (Å²) in [6.45, 7) is 2.03.